The second kappa shape index (κ2) is 15.9. The van der Waals surface area contributed by atoms with Crippen molar-refractivity contribution in [3.05, 3.63) is 47.0 Å². The highest BCUT2D eigenvalue weighted by molar-refractivity contribution is 6.32. The Labute approximate surface area is 200 Å². The quantitative estimate of drug-likeness (QED) is 0.231. The number of rotatable bonds is 17. The van der Waals surface area contributed by atoms with E-state index in [2.05, 4.69) is 19.1 Å². The average molecular weight is 460 g/mol. The molecule has 1 heterocycles. The lowest BCUT2D eigenvalue weighted by molar-refractivity contribution is 0.402. The highest BCUT2D eigenvalue weighted by atomic mass is 35.5. The summed E-state index contributed by atoms with van der Waals surface area (Å²) in [6, 6.07) is 8.52. The van der Waals surface area contributed by atoms with Crippen LogP contribution in [0.25, 0.3) is 11.8 Å². The third-order valence-electron chi connectivity index (χ3n) is 6.09. The van der Waals surface area contributed by atoms with E-state index in [4.69, 9.17) is 11.6 Å². The summed E-state index contributed by atoms with van der Waals surface area (Å²) in [5, 5.41) is 20.4. The zero-order chi connectivity index (χ0) is 23.0. The maximum Gasteiger partial charge on any atom is 0.198 e. The van der Waals surface area contributed by atoms with Crippen LogP contribution in [0.5, 0.6) is 11.8 Å². The number of unbranched alkanes of at least 4 members (excludes halogenated alkanes) is 14. The van der Waals surface area contributed by atoms with E-state index in [1.165, 1.54) is 107 Å². The predicted octanol–water partition coefficient (Wildman–Crippen LogP) is 9.43. The van der Waals surface area contributed by atoms with Crippen molar-refractivity contribution in [1.29, 1.82) is 0 Å². The van der Waals surface area contributed by atoms with Crippen molar-refractivity contribution in [1.82, 2.24) is 4.57 Å². The predicted molar refractivity (Wildman–Crippen MR) is 138 cm³/mol. The molecule has 0 unspecified atom stereocenters. The zero-order valence-corrected chi connectivity index (χ0v) is 20.6. The average Bonchev–Trinajstić information content (AvgIpc) is 3.12. The van der Waals surface area contributed by atoms with E-state index in [0.717, 1.165) is 12.0 Å². The molecule has 2 N–H and O–H groups in total. The molecule has 1 aromatic heterocycles. The van der Waals surface area contributed by atoms with Gasteiger partial charge in [0.2, 0.25) is 0 Å². The summed E-state index contributed by atoms with van der Waals surface area (Å²) in [6.45, 7) is 2.28. The minimum absolute atomic E-state index is 0.0343. The molecular weight excluding hydrogens is 418 g/mol. The zero-order valence-electron chi connectivity index (χ0n) is 19.9. The number of aromatic hydroxyl groups is 2. The van der Waals surface area contributed by atoms with Crippen LogP contribution in [0.1, 0.15) is 109 Å². The molecule has 2 rings (SSSR count). The third-order valence-corrected chi connectivity index (χ3v) is 6.41. The molecule has 1 aromatic carbocycles. The van der Waals surface area contributed by atoms with Crippen molar-refractivity contribution >= 4 is 17.7 Å². The molecule has 2 aromatic rings. The monoisotopic (exact) mass is 459 g/mol. The van der Waals surface area contributed by atoms with Crippen LogP contribution in [-0.4, -0.2) is 14.8 Å². The molecule has 0 atom stereocenters. The largest absolute Gasteiger partial charge is 0.494 e. The van der Waals surface area contributed by atoms with Gasteiger partial charge in [-0.05, 0) is 30.5 Å². The van der Waals surface area contributed by atoms with Gasteiger partial charge >= 0.3 is 0 Å². The van der Waals surface area contributed by atoms with E-state index in [9.17, 15) is 10.2 Å². The standard InChI is InChI=1S/C28H42ClNO2/c1-2-3-4-5-6-7-8-9-10-11-12-13-14-15-16-17-18-24-19-20-25(29)26(23-24)30-27(31)21-22-28(30)32/h17-23,31-32H,2-16H2,1H3. The first-order chi connectivity index (χ1) is 15.6. The molecule has 4 heteroatoms. The Morgan fingerprint density at radius 1 is 0.719 bits per heavy atom. The van der Waals surface area contributed by atoms with Gasteiger partial charge in [-0.3, -0.25) is 4.57 Å². The van der Waals surface area contributed by atoms with Gasteiger partial charge in [0.25, 0.3) is 0 Å². The van der Waals surface area contributed by atoms with Gasteiger partial charge in [0.05, 0.1) is 10.7 Å². The first-order valence-electron chi connectivity index (χ1n) is 12.7. The number of nitrogens with zero attached hydrogens (tertiary/aromatic N) is 1. The van der Waals surface area contributed by atoms with Crippen LogP contribution in [0.2, 0.25) is 5.02 Å². The summed E-state index contributed by atoms with van der Waals surface area (Å²) in [5.74, 6) is -0.0686. The fraction of sp³-hybridized carbons (Fsp3) is 0.571. The Hall–Kier alpha value is -1.87. The highest BCUT2D eigenvalue weighted by Gasteiger charge is 2.11. The molecule has 0 saturated carbocycles. The topological polar surface area (TPSA) is 45.4 Å². The minimum Gasteiger partial charge on any atom is -0.494 e. The van der Waals surface area contributed by atoms with E-state index in [-0.39, 0.29) is 11.8 Å². The fourth-order valence-corrected chi connectivity index (χ4v) is 4.35. The highest BCUT2D eigenvalue weighted by Crippen LogP contribution is 2.32. The Balaban J connectivity index is 1.54. The van der Waals surface area contributed by atoms with E-state index in [1.54, 1.807) is 6.07 Å². The molecule has 0 bridgehead atoms. The molecular formula is C28H42ClNO2. The van der Waals surface area contributed by atoms with Gasteiger partial charge in [-0.25, -0.2) is 0 Å². The maximum absolute atomic E-state index is 9.95. The molecule has 0 spiro atoms. The molecule has 3 nitrogen and oxygen atoms in total. The summed E-state index contributed by atoms with van der Waals surface area (Å²) in [5.41, 5.74) is 1.58. The Morgan fingerprint density at radius 3 is 1.75 bits per heavy atom. The van der Waals surface area contributed by atoms with Gasteiger partial charge in [0.1, 0.15) is 0 Å². The number of halogens is 1. The van der Waals surface area contributed by atoms with Gasteiger partial charge in [0.15, 0.2) is 11.8 Å². The van der Waals surface area contributed by atoms with Gasteiger partial charge in [0, 0.05) is 12.1 Å². The molecule has 0 aliphatic heterocycles. The molecule has 0 aliphatic rings. The second-order valence-electron chi connectivity index (χ2n) is 8.88. The summed E-state index contributed by atoms with van der Waals surface area (Å²) >= 11 is 6.27. The maximum atomic E-state index is 9.95. The number of allylic oxidation sites excluding steroid dienone is 1. The Morgan fingerprint density at radius 2 is 1.22 bits per heavy atom. The van der Waals surface area contributed by atoms with Crippen LogP contribution >= 0.6 is 11.6 Å². The lowest BCUT2D eigenvalue weighted by Crippen LogP contribution is -1.94. The van der Waals surface area contributed by atoms with Crippen molar-refractivity contribution in [2.45, 2.75) is 103 Å². The molecule has 0 fully saturated rings. The first kappa shape index (κ1) is 26.4. The number of benzene rings is 1. The molecule has 32 heavy (non-hydrogen) atoms. The molecule has 0 amide bonds. The fourth-order valence-electron chi connectivity index (χ4n) is 4.14. The van der Waals surface area contributed by atoms with Crippen LogP contribution in [0.3, 0.4) is 0 Å². The molecule has 0 aliphatic carbocycles. The van der Waals surface area contributed by atoms with Gasteiger partial charge in [-0.2, -0.15) is 0 Å². The normalized spacial score (nSPS) is 11.6. The number of hydrogen-bond acceptors (Lipinski definition) is 2. The van der Waals surface area contributed by atoms with E-state index in [0.29, 0.717) is 10.7 Å². The number of aromatic nitrogens is 1. The Kier molecular flexibility index (Phi) is 13.1. The summed E-state index contributed by atoms with van der Waals surface area (Å²) in [6.07, 6.45) is 24.6. The van der Waals surface area contributed by atoms with Gasteiger partial charge in [-0.1, -0.05) is 120 Å². The van der Waals surface area contributed by atoms with Crippen molar-refractivity contribution in [2.24, 2.45) is 0 Å². The summed E-state index contributed by atoms with van der Waals surface area (Å²) in [7, 11) is 0. The number of hydrogen-bond donors (Lipinski definition) is 2. The van der Waals surface area contributed by atoms with Crippen molar-refractivity contribution in [3.8, 4) is 17.4 Å². The summed E-state index contributed by atoms with van der Waals surface area (Å²) in [4.78, 5) is 0. The van der Waals surface area contributed by atoms with Crippen molar-refractivity contribution in [2.75, 3.05) is 0 Å². The van der Waals surface area contributed by atoms with Crippen LogP contribution in [0.15, 0.2) is 36.4 Å². The van der Waals surface area contributed by atoms with E-state index >= 15 is 0 Å². The van der Waals surface area contributed by atoms with Crippen molar-refractivity contribution < 1.29 is 10.2 Å². The van der Waals surface area contributed by atoms with Crippen LogP contribution in [0, 0.1) is 0 Å². The van der Waals surface area contributed by atoms with Crippen LogP contribution in [-0.2, 0) is 0 Å². The van der Waals surface area contributed by atoms with Gasteiger partial charge < -0.3 is 10.2 Å². The van der Waals surface area contributed by atoms with Gasteiger partial charge in [-0.15, -0.1) is 0 Å². The third kappa shape index (κ3) is 9.73. The van der Waals surface area contributed by atoms with Crippen LogP contribution in [0.4, 0.5) is 0 Å². The van der Waals surface area contributed by atoms with Crippen LogP contribution < -0.4 is 0 Å². The van der Waals surface area contributed by atoms with Crippen molar-refractivity contribution in [3.63, 3.8) is 0 Å². The molecule has 0 saturated heterocycles. The first-order valence-corrected chi connectivity index (χ1v) is 13.1. The second-order valence-corrected chi connectivity index (χ2v) is 9.29. The lowest BCUT2D eigenvalue weighted by atomic mass is 10.0. The van der Waals surface area contributed by atoms with E-state index < -0.39 is 0 Å². The Bertz CT molecular complexity index is 777. The molecule has 0 radical (unpaired) electrons. The lowest BCUT2D eigenvalue weighted by Gasteiger charge is -2.10. The molecule has 178 valence electrons. The summed E-state index contributed by atoms with van der Waals surface area (Å²) < 4.78 is 1.34. The smallest absolute Gasteiger partial charge is 0.198 e. The van der Waals surface area contributed by atoms with E-state index in [1.807, 2.05) is 12.1 Å². The SMILES string of the molecule is CCCCCCCCCCCCCCCCC=Cc1ccc(Cl)c(-n2c(O)ccc2O)c1. The minimum atomic E-state index is -0.0343.